The van der Waals surface area contributed by atoms with E-state index in [2.05, 4.69) is 57.1 Å². The minimum absolute atomic E-state index is 0.281. The van der Waals surface area contributed by atoms with Crippen molar-refractivity contribution in [1.29, 1.82) is 0 Å². The highest BCUT2D eigenvalue weighted by Gasteiger charge is 2.19. The number of ether oxygens (including phenoxy) is 1. The summed E-state index contributed by atoms with van der Waals surface area (Å²) in [5.74, 6) is 0.816. The number of fused-ring (bicyclic) bond motifs is 1. The Balaban J connectivity index is 1.28. The maximum Gasteiger partial charge on any atom is 0.123 e. The highest BCUT2D eigenvalue weighted by Crippen LogP contribution is 2.21. The molecule has 0 saturated heterocycles. The topological polar surface area (TPSA) is 61.7 Å². The molecule has 0 unspecified atom stereocenters. The fraction of sp³-hybridized carbons (Fsp3) is 0.360. The van der Waals surface area contributed by atoms with Gasteiger partial charge in [0.05, 0.1) is 5.69 Å². The molecule has 1 aliphatic rings. The number of β-amino-alcohol motifs (C(OH)–C–C–N with tert-alkyl or cyclic N) is 1. The predicted molar refractivity (Wildman–Crippen MR) is 121 cm³/mol. The van der Waals surface area contributed by atoms with Crippen molar-refractivity contribution in [3.8, 4) is 5.75 Å². The van der Waals surface area contributed by atoms with E-state index in [4.69, 9.17) is 4.74 Å². The molecule has 0 fully saturated rings. The fourth-order valence-electron chi connectivity index (χ4n) is 4.06. The third-order valence-corrected chi connectivity index (χ3v) is 5.57. The SMILES string of the molecule is CN(Cc1cnccn1)Cc1ccccc1OC[C@@H](O)CN1CCc2ccccc2C1. The van der Waals surface area contributed by atoms with Crippen LogP contribution in [-0.2, 0) is 26.1 Å². The molecule has 0 radical (unpaired) electrons. The third kappa shape index (κ3) is 6.10. The Labute approximate surface area is 184 Å². The first-order chi connectivity index (χ1) is 15.2. The van der Waals surface area contributed by atoms with Gasteiger partial charge in [-0.25, -0.2) is 0 Å². The molecule has 0 amide bonds. The van der Waals surface area contributed by atoms with Crippen molar-refractivity contribution in [2.45, 2.75) is 32.2 Å². The van der Waals surface area contributed by atoms with Gasteiger partial charge in [-0.3, -0.25) is 19.8 Å². The van der Waals surface area contributed by atoms with Crippen molar-refractivity contribution in [3.05, 3.63) is 89.5 Å². The molecule has 0 bridgehead atoms. The van der Waals surface area contributed by atoms with Crippen LogP contribution in [0.25, 0.3) is 0 Å². The second-order valence-electron chi connectivity index (χ2n) is 8.20. The van der Waals surface area contributed by atoms with E-state index in [0.717, 1.165) is 43.1 Å². The number of nitrogens with zero attached hydrogens (tertiary/aromatic N) is 4. The van der Waals surface area contributed by atoms with Gasteiger partial charge in [0.25, 0.3) is 0 Å². The molecule has 6 nitrogen and oxygen atoms in total. The Morgan fingerprint density at radius 3 is 2.71 bits per heavy atom. The first-order valence-electron chi connectivity index (χ1n) is 10.8. The monoisotopic (exact) mass is 418 g/mol. The quantitative estimate of drug-likeness (QED) is 0.577. The van der Waals surface area contributed by atoms with Crippen LogP contribution < -0.4 is 4.74 Å². The second kappa shape index (κ2) is 10.5. The Morgan fingerprint density at radius 2 is 1.87 bits per heavy atom. The van der Waals surface area contributed by atoms with Crippen LogP contribution in [0.3, 0.4) is 0 Å². The van der Waals surface area contributed by atoms with E-state index in [1.165, 1.54) is 11.1 Å². The van der Waals surface area contributed by atoms with E-state index in [1.54, 1.807) is 18.6 Å². The van der Waals surface area contributed by atoms with E-state index >= 15 is 0 Å². The molecule has 0 aliphatic carbocycles. The third-order valence-electron chi connectivity index (χ3n) is 5.57. The number of hydrogen-bond donors (Lipinski definition) is 1. The lowest BCUT2D eigenvalue weighted by Crippen LogP contribution is -2.38. The summed E-state index contributed by atoms with van der Waals surface area (Å²) in [5.41, 5.74) is 4.80. The summed E-state index contributed by atoms with van der Waals surface area (Å²) in [6.07, 6.45) is 5.68. The highest BCUT2D eigenvalue weighted by atomic mass is 16.5. The van der Waals surface area contributed by atoms with Gasteiger partial charge in [-0.15, -0.1) is 0 Å². The minimum Gasteiger partial charge on any atom is -0.491 e. The summed E-state index contributed by atoms with van der Waals surface area (Å²) in [6, 6.07) is 16.6. The number of para-hydroxylation sites is 1. The number of rotatable bonds is 9. The average molecular weight is 419 g/mol. The van der Waals surface area contributed by atoms with Gasteiger partial charge >= 0.3 is 0 Å². The summed E-state index contributed by atoms with van der Waals surface area (Å²) in [5, 5.41) is 10.6. The first kappa shape index (κ1) is 21.4. The number of aliphatic hydroxyl groups is 1. The molecule has 1 aliphatic heterocycles. The van der Waals surface area contributed by atoms with Crippen LogP contribution in [0.2, 0.25) is 0 Å². The Kier molecular flexibility index (Phi) is 7.25. The molecule has 31 heavy (non-hydrogen) atoms. The normalized spacial score (nSPS) is 14.9. The summed E-state index contributed by atoms with van der Waals surface area (Å²) >= 11 is 0. The standard InChI is InChI=1S/C25H30N4O2/c1-28(17-23-14-26-11-12-27-23)15-22-8-4-5-9-25(22)31-19-24(30)18-29-13-10-20-6-2-3-7-21(20)16-29/h2-9,11-12,14,24,30H,10,13,15-19H2,1H3/t24-/m0/s1. The summed E-state index contributed by atoms with van der Waals surface area (Å²) in [6.45, 7) is 4.19. The Morgan fingerprint density at radius 1 is 1.06 bits per heavy atom. The van der Waals surface area contributed by atoms with Crippen LogP contribution >= 0.6 is 0 Å². The molecular weight excluding hydrogens is 388 g/mol. The van der Waals surface area contributed by atoms with E-state index in [1.807, 2.05) is 18.2 Å². The smallest absolute Gasteiger partial charge is 0.123 e. The predicted octanol–water partition coefficient (Wildman–Crippen LogP) is 2.91. The van der Waals surface area contributed by atoms with Gasteiger partial charge < -0.3 is 9.84 Å². The van der Waals surface area contributed by atoms with Gasteiger partial charge in [0.15, 0.2) is 0 Å². The molecule has 1 aromatic heterocycles. The fourth-order valence-corrected chi connectivity index (χ4v) is 4.06. The van der Waals surface area contributed by atoms with Gasteiger partial charge in [0.2, 0.25) is 0 Å². The van der Waals surface area contributed by atoms with E-state index < -0.39 is 6.10 Å². The zero-order valence-electron chi connectivity index (χ0n) is 18.0. The largest absolute Gasteiger partial charge is 0.491 e. The van der Waals surface area contributed by atoms with E-state index in [9.17, 15) is 5.11 Å². The molecule has 0 spiro atoms. The van der Waals surface area contributed by atoms with Crippen LogP contribution in [-0.4, -0.2) is 57.7 Å². The van der Waals surface area contributed by atoms with Crippen molar-refractivity contribution in [3.63, 3.8) is 0 Å². The molecule has 1 N–H and O–H groups in total. The average Bonchev–Trinajstić information content (AvgIpc) is 2.79. The Bertz CT molecular complexity index is 967. The lowest BCUT2D eigenvalue weighted by atomic mass is 10.00. The zero-order valence-corrected chi connectivity index (χ0v) is 18.0. The van der Waals surface area contributed by atoms with Gasteiger partial charge in [0.1, 0.15) is 18.5 Å². The second-order valence-corrected chi connectivity index (χ2v) is 8.20. The summed E-state index contributed by atoms with van der Waals surface area (Å²) in [7, 11) is 2.05. The number of hydrogen-bond acceptors (Lipinski definition) is 6. The molecule has 4 rings (SSSR count). The van der Waals surface area contributed by atoms with Gasteiger partial charge in [-0.2, -0.15) is 0 Å². The first-order valence-corrected chi connectivity index (χ1v) is 10.8. The van der Waals surface area contributed by atoms with Crippen LogP contribution in [0, 0.1) is 0 Å². The molecule has 6 heteroatoms. The highest BCUT2D eigenvalue weighted by molar-refractivity contribution is 5.33. The lowest BCUT2D eigenvalue weighted by Gasteiger charge is -2.30. The summed E-state index contributed by atoms with van der Waals surface area (Å²) < 4.78 is 6.03. The molecular formula is C25H30N4O2. The van der Waals surface area contributed by atoms with E-state index in [-0.39, 0.29) is 6.61 Å². The van der Waals surface area contributed by atoms with Crippen molar-refractivity contribution in [2.24, 2.45) is 0 Å². The number of aliphatic hydroxyl groups excluding tert-OH is 1. The molecule has 0 saturated carbocycles. The van der Waals surface area contributed by atoms with Gasteiger partial charge in [-0.1, -0.05) is 42.5 Å². The lowest BCUT2D eigenvalue weighted by molar-refractivity contribution is 0.0632. The molecule has 162 valence electrons. The molecule has 1 atom stereocenters. The number of benzene rings is 2. The van der Waals surface area contributed by atoms with Crippen molar-refractivity contribution < 1.29 is 9.84 Å². The maximum absolute atomic E-state index is 10.6. The van der Waals surface area contributed by atoms with Crippen molar-refractivity contribution in [2.75, 3.05) is 26.7 Å². The summed E-state index contributed by atoms with van der Waals surface area (Å²) in [4.78, 5) is 12.9. The van der Waals surface area contributed by atoms with Gasteiger partial charge in [-0.05, 0) is 30.7 Å². The molecule has 2 aromatic carbocycles. The minimum atomic E-state index is -0.532. The molecule has 2 heterocycles. The number of aromatic nitrogens is 2. The van der Waals surface area contributed by atoms with Crippen molar-refractivity contribution in [1.82, 2.24) is 19.8 Å². The maximum atomic E-state index is 10.6. The van der Waals surface area contributed by atoms with Crippen LogP contribution in [0.15, 0.2) is 67.1 Å². The van der Waals surface area contributed by atoms with Crippen LogP contribution in [0.1, 0.15) is 22.4 Å². The van der Waals surface area contributed by atoms with Crippen LogP contribution in [0.5, 0.6) is 5.75 Å². The Hall–Kier alpha value is -2.80. The van der Waals surface area contributed by atoms with Crippen molar-refractivity contribution >= 4 is 0 Å². The van der Waals surface area contributed by atoms with E-state index in [0.29, 0.717) is 13.1 Å². The zero-order chi connectivity index (χ0) is 21.5. The van der Waals surface area contributed by atoms with Crippen LogP contribution in [0.4, 0.5) is 0 Å². The molecule has 3 aromatic rings. The van der Waals surface area contributed by atoms with Gasteiger partial charge in [0, 0.05) is 56.9 Å².